The Morgan fingerprint density at radius 1 is 1.32 bits per heavy atom. The van der Waals surface area contributed by atoms with E-state index < -0.39 is 0 Å². The van der Waals surface area contributed by atoms with Gasteiger partial charge in [-0.1, -0.05) is 12.8 Å². The molecule has 0 bridgehead atoms. The third-order valence-electron chi connectivity index (χ3n) is 3.90. The van der Waals surface area contributed by atoms with Crippen LogP contribution in [-0.4, -0.2) is 35.1 Å². The molecule has 19 heavy (non-hydrogen) atoms. The molecule has 5 heteroatoms. The van der Waals surface area contributed by atoms with Crippen molar-refractivity contribution in [3.63, 3.8) is 0 Å². The van der Waals surface area contributed by atoms with Gasteiger partial charge in [0, 0.05) is 36.2 Å². The van der Waals surface area contributed by atoms with Crippen LogP contribution in [0.25, 0.3) is 0 Å². The van der Waals surface area contributed by atoms with E-state index in [1.54, 1.807) is 0 Å². The predicted molar refractivity (Wildman–Crippen MR) is 78.8 cm³/mol. The van der Waals surface area contributed by atoms with Crippen LogP contribution < -0.4 is 5.32 Å². The lowest BCUT2D eigenvalue weighted by Crippen LogP contribution is -2.19. The smallest absolute Gasteiger partial charge is 0.160 e. The molecule has 1 saturated heterocycles. The summed E-state index contributed by atoms with van der Waals surface area (Å²) < 4.78 is 5.81. The molecule has 1 aliphatic carbocycles. The molecule has 3 rings (SSSR count). The SMILES string of the molecule is CNc1cc(C2CCCC2)nc(C2CSCCO2)n1. The van der Waals surface area contributed by atoms with Crippen LogP contribution in [0.2, 0.25) is 0 Å². The van der Waals surface area contributed by atoms with E-state index >= 15 is 0 Å². The lowest BCUT2D eigenvalue weighted by Gasteiger charge is -2.22. The molecule has 0 spiro atoms. The van der Waals surface area contributed by atoms with Crippen molar-refractivity contribution in [3.8, 4) is 0 Å². The molecule has 2 fully saturated rings. The number of nitrogens with one attached hydrogen (secondary N) is 1. The second-order valence-electron chi connectivity index (χ2n) is 5.20. The van der Waals surface area contributed by atoms with Crippen molar-refractivity contribution in [2.75, 3.05) is 30.5 Å². The van der Waals surface area contributed by atoms with E-state index in [1.165, 1.54) is 31.4 Å². The number of anilines is 1. The van der Waals surface area contributed by atoms with Crippen molar-refractivity contribution in [2.45, 2.75) is 37.7 Å². The molecule has 4 nitrogen and oxygen atoms in total. The molecule has 1 saturated carbocycles. The molecule has 1 aromatic heterocycles. The Labute approximate surface area is 118 Å². The highest BCUT2D eigenvalue weighted by molar-refractivity contribution is 7.99. The summed E-state index contributed by atoms with van der Waals surface area (Å²) in [5.74, 6) is 4.45. The Morgan fingerprint density at radius 2 is 2.16 bits per heavy atom. The largest absolute Gasteiger partial charge is 0.373 e. The zero-order valence-corrected chi connectivity index (χ0v) is 12.2. The van der Waals surface area contributed by atoms with E-state index in [0.717, 1.165) is 29.8 Å². The maximum Gasteiger partial charge on any atom is 0.160 e. The van der Waals surface area contributed by atoms with Crippen LogP contribution in [0.15, 0.2) is 6.07 Å². The molecular weight excluding hydrogens is 258 g/mol. The summed E-state index contributed by atoms with van der Waals surface area (Å²) >= 11 is 1.92. The van der Waals surface area contributed by atoms with Gasteiger partial charge in [-0.25, -0.2) is 9.97 Å². The molecular formula is C14H21N3OS. The van der Waals surface area contributed by atoms with Crippen molar-refractivity contribution in [1.29, 1.82) is 0 Å². The first-order valence-electron chi connectivity index (χ1n) is 7.13. The molecule has 104 valence electrons. The Kier molecular flexibility index (Phi) is 4.23. The van der Waals surface area contributed by atoms with Crippen molar-refractivity contribution >= 4 is 17.6 Å². The third kappa shape index (κ3) is 3.03. The topological polar surface area (TPSA) is 47.0 Å². The number of ether oxygens (including phenoxy) is 1. The molecule has 0 radical (unpaired) electrons. The first-order valence-corrected chi connectivity index (χ1v) is 8.28. The van der Waals surface area contributed by atoms with Gasteiger partial charge in [-0.3, -0.25) is 0 Å². The van der Waals surface area contributed by atoms with E-state index in [0.29, 0.717) is 5.92 Å². The number of hydrogen-bond acceptors (Lipinski definition) is 5. The van der Waals surface area contributed by atoms with Crippen LogP contribution in [0.4, 0.5) is 5.82 Å². The van der Waals surface area contributed by atoms with E-state index in [2.05, 4.69) is 16.4 Å². The van der Waals surface area contributed by atoms with Crippen LogP contribution in [0.5, 0.6) is 0 Å². The van der Waals surface area contributed by atoms with E-state index in [4.69, 9.17) is 9.72 Å². The summed E-state index contributed by atoms with van der Waals surface area (Å²) in [4.78, 5) is 9.38. The van der Waals surface area contributed by atoms with Gasteiger partial charge < -0.3 is 10.1 Å². The molecule has 0 aromatic carbocycles. The monoisotopic (exact) mass is 279 g/mol. The van der Waals surface area contributed by atoms with Crippen LogP contribution in [0.3, 0.4) is 0 Å². The predicted octanol–water partition coefficient (Wildman–Crippen LogP) is 2.98. The van der Waals surface area contributed by atoms with Crippen LogP contribution in [0.1, 0.15) is 49.2 Å². The minimum absolute atomic E-state index is 0.0622. The first kappa shape index (κ1) is 13.2. The zero-order chi connectivity index (χ0) is 13.1. The molecule has 1 atom stereocenters. The van der Waals surface area contributed by atoms with E-state index in [-0.39, 0.29) is 6.10 Å². The number of hydrogen-bond donors (Lipinski definition) is 1. The summed E-state index contributed by atoms with van der Waals surface area (Å²) in [5.41, 5.74) is 1.20. The second-order valence-corrected chi connectivity index (χ2v) is 6.35. The van der Waals surface area contributed by atoms with Gasteiger partial charge >= 0.3 is 0 Å². The number of thioether (sulfide) groups is 1. The Morgan fingerprint density at radius 3 is 2.84 bits per heavy atom. The Balaban J connectivity index is 1.87. The van der Waals surface area contributed by atoms with Gasteiger partial charge in [-0.2, -0.15) is 11.8 Å². The normalized spacial score (nSPS) is 24.6. The van der Waals surface area contributed by atoms with Gasteiger partial charge in [-0.15, -0.1) is 0 Å². The molecule has 1 aromatic rings. The van der Waals surface area contributed by atoms with E-state index in [9.17, 15) is 0 Å². The summed E-state index contributed by atoms with van der Waals surface area (Å²) in [6, 6.07) is 2.11. The van der Waals surface area contributed by atoms with Crippen molar-refractivity contribution in [2.24, 2.45) is 0 Å². The second kappa shape index (κ2) is 6.09. The highest BCUT2D eigenvalue weighted by atomic mass is 32.2. The van der Waals surface area contributed by atoms with Gasteiger partial charge in [0.1, 0.15) is 11.9 Å². The van der Waals surface area contributed by atoms with Gasteiger partial charge in [0.15, 0.2) is 5.82 Å². The Hall–Kier alpha value is -0.810. The molecule has 0 amide bonds. The molecule has 1 unspecified atom stereocenters. The fourth-order valence-electron chi connectivity index (χ4n) is 2.82. The average Bonchev–Trinajstić information content (AvgIpc) is 3.02. The highest BCUT2D eigenvalue weighted by Crippen LogP contribution is 2.35. The zero-order valence-electron chi connectivity index (χ0n) is 11.4. The average molecular weight is 279 g/mol. The van der Waals surface area contributed by atoms with Crippen molar-refractivity contribution in [3.05, 3.63) is 17.6 Å². The summed E-state index contributed by atoms with van der Waals surface area (Å²) in [6.45, 7) is 0.807. The lowest BCUT2D eigenvalue weighted by atomic mass is 10.0. The number of aromatic nitrogens is 2. The fourth-order valence-corrected chi connectivity index (χ4v) is 3.67. The van der Waals surface area contributed by atoms with Gasteiger partial charge in [0.05, 0.1) is 6.61 Å². The maximum absolute atomic E-state index is 5.81. The summed E-state index contributed by atoms with van der Waals surface area (Å²) in [7, 11) is 1.92. The Bertz CT molecular complexity index is 429. The molecule has 1 aliphatic heterocycles. The molecule has 2 aliphatic rings. The van der Waals surface area contributed by atoms with Crippen LogP contribution in [0, 0.1) is 0 Å². The minimum atomic E-state index is 0.0622. The number of nitrogens with zero attached hydrogens (tertiary/aromatic N) is 2. The van der Waals surface area contributed by atoms with Gasteiger partial charge in [-0.05, 0) is 12.8 Å². The summed E-state index contributed by atoms with van der Waals surface area (Å²) in [5, 5.41) is 3.16. The summed E-state index contributed by atoms with van der Waals surface area (Å²) in [6.07, 6.45) is 5.25. The first-order chi connectivity index (χ1) is 9.36. The van der Waals surface area contributed by atoms with E-state index in [1.807, 2.05) is 18.8 Å². The standard InChI is InChI=1S/C14H21N3OS/c1-15-13-8-11(10-4-2-3-5-10)16-14(17-13)12-9-19-7-6-18-12/h8,10,12H,2-7,9H2,1H3,(H,15,16,17). The van der Waals surface area contributed by atoms with Crippen molar-refractivity contribution < 1.29 is 4.74 Å². The van der Waals surface area contributed by atoms with Gasteiger partial charge in [0.2, 0.25) is 0 Å². The van der Waals surface area contributed by atoms with Gasteiger partial charge in [0.25, 0.3) is 0 Å². The number of rotatable bonds is 3. The van der Waals surface area contributed by atoms with Crippen molar-refractivity contribution in [1.82, 2.24) is 9.97 Å². The minimum Gasteiger partial charge on any atom is -0.373 e. The van der Waals surface area contributed by atoms with Crippen LogP contribution >= 0.6 is 11.8 Å². The third-order valence-corrected chi connectivity index (χ3v) is 4.89. The van der Waals surface area contributed by atoms with Crippen LogP contribution in [-0.2, 0) is 4.74 Å². The highest BCUT2D eigenvalue weighted by Gasteiger charge is 2.24. The fraction of sp³-hybridized carbons (Fsp3) is 0.714. The lowest BCUT2D eigenvalue weighted by molar-refractivity contribution is 0.0693. The quantitative estimate of drug-likeness (QED) is 0.921. The maximum atomic E-state index is 5.81. The molecule has 1 N–H and O–H groups in total. The molecule has 2 heterocycles.